The molecule has 1 heterocycles. The van der Waals surface area contributed by atoms with Crippen LogP contribution in [0.4, 0.5) is 11.4 Å². The molecule has 3 rings (SSSR count). The molecule has 0 radical (unpaired) electrons. The van der Waals surface area contributed by atoms with E-state index in [4.69, 9.17) is 0 Å². The van der Waals surface area contributed by atoms with Crippen LogP contribution in [0, 0.1) is 5.41 Å². The molecule has 0 fully saturated rings. The van der Waals surface area contributed by atoms with Gasteiger partial charge in [0.25, 0.3) is 10.0 Å². The number of rotatable bonds is 7. The van der Waals surface area contributed by atoms with Crippen molar-refractivity contribution in [2.24, 2.45) is 5.41 Å². The van der Waals surface area contributed by atoms with E-state index in [0.717, 1.165) is 30.6 Å². The van der Waals surface area contributed by atoms with E-state index in [1.165, 1.54) is 0 Å². The Bertz CT molecular complexity index is 1020. The normalized spacial score (nSPS) is 14.8. The summed E-state index contributed by atoms with van der Waals surface area (Å²) in [6.07, 6.45) is 0.838. The van der Waals surface area contributed by atoms with Crippen LogP contribution in [0.5, 0.6) is 0 Å². The van der Waals surface area contributed by atoms with Crippen molar-refractivity contribution in [3.63, 3.8) is 0 Å². The summed E-state index contributed by atoms with van der Waals surface area (Å²) in [5.41, 5.74) is 1.97. The fraction of sp³-hybridized carbons (Fsp3) is 0.409. The van der Waals surface area contributed by atoms with Crippen molar-refractivity contribution in [2.45, 2.75) is 38.6 Å². The zero-order valence-electron chi connectivity index (χ0n) is 17.6. The number of fused-ring (bicyclic) bond motifs is 1. The Hall–Kier alpha value is -2.42. The van der Waals surface area contributed by atoms with Crippen molar-refractivity contribution in [3.8, 4) is 0 Å². The summed E-state index contributed by atoms with van der Waals surface area (Å²) in [6, 6.07) is 11.9. The molecule has 0 aromatic heterocycles. The lowest BCUT2D eigenvalue weighted by atomic mass is 9.93. The molecule has 1 amide bonds. The van der Waals surface area contributed by atoms with Gasteiger partial charge >= 0.3 is 0 Å². The van der Waals surface area contributed by atoms with Gasteiger partial charge in [-0.1, -0.05) is 19.1 Å². The average molecular weight is 432 g/mol. The number of nitrogens with one attached hydrogen (secondary N) is 2. The third-order valence-corrected chi connectivity index (χ3v) is 6.92. The summed E-state index contributed by atoms with van der Waals surface area (Å²) in [6.45, 7) is 7.52. The largest absolute Gasteiger partial charge is 0.395 e. The molecule has 0 bridgehead atoms. The van der Waals surface area contributed by atoms with Gasteiger partial charge in [0, 0.05) is 24.5 Å². The van der Waals surface area contributed by atoms with Crippen molar-refractivity contribution in [3.05, 3.63) is 53.6 Å². The van der Waals surface area contributed by atoms with Gasteiger partial charge in [0.15, 0.2) is 0 Å². The van der Waals surface area contributed by atoms with Crippen LogP contribution in [0.25, 0.3) is 0 Å². The van der Waals surface area contributed by atoms with E-state index in [1.807, 2.05) is 6.07 Å². The SMILES string of the molecule is CCN1CCc2cccc(S(=O)(=O)Nc3ccc(NC(=O)C(C)(C)CO)cc3)c2C1. The number of benzene rings is 2. The number of aliphatic hydroxyl groups is 1. The molecule has 0 saturated carbocycles. The molecule has 8 heteroatoms. The second-order valence-corrected chi connectivity index (χ2v) is 9.84. The fourth-order valence-electron chi connectivity index (χ4n) is 3.33. The van der Waals surface area contributed by atoms with Crippen molar-refractivity contribution in [1.82, 2.24) is 4.90 Å². The van der Waals surface area contributed by atoms with E-state index in [2.05, 4.69) is 21.9 Å². The number of likely N-dealkylation sites (N-methyl/N-ethyl adjacent to an activating group) is 1. The Morgan fingerprint density at radius 3 is 2.43 bits per heavy atom. The molecule has 2 aromatic rings. The lowest BCUT2D eigenvalue weighted by molar-refractivity contribution is -0.125. The lowest BCUT2D eigenvalue weighted by Crippen LogP contribution is -2.33. The van der Waals surface area contributed by atoms with Crippen LogP contribution in [0.1, 0.15) is 31.9 Å². The number of hydrogen-bond acceptors (Lipinski definition) is 5. The first-order valence-electron chi connectivity index (χ1n) is 10.0. The second-order valence-electron chi connectivity index (χ2n) is 8.19. The Balaban J connectivity index is 1.78. The monoisotopic (exact) mass is 431 g/mol. The van der Waals surface area contributed by atoms with E-state index >= 15 is 0 Å². The molecule has 2 aromatic carbocycles. The van der Waals surface area contributed by atoms with Crippen LogP contribution in [0.3, 0.4) is 0 Å². The van der Waals surface area contributed by atoms with E-state index < -0.39 is 15.4 Å². The maximum Gasteiger partial charge on any atom is 0.262 e. The van der Waals surface area contributed by atoms with Gasteiger partial charge in [-0.3, -0.25) is 14.4 Å². The predicted molar refractivity (Wildman–Crippen MR) is 118 cm³/mol. The van der Waals surface area contributed by atoms with Gasteiger partial charge < -0.3 is 10.4 Å². The first kappa shape index (κ1) is 22.3. The minimum absolute atomic E-state index is 0.270. The standard InChI is InChI=1S/C22H29N3O4S/c1-4-25-13-12-16-6-5-7-20(19(16)14-25)30(28,29)24-18-10-8-17(9-11-18)23-21(27)22(2,3)15-26/h5-11,24,26H,4,12-15H2,1-3H3,(H,23,27). The number of aliphatic hydroxyl groups excluding tert-OH is 1. The smallest absolute Gasteiger partial charge is 0.262 e. The molecule has 0 atom stereocenters. The van der Waals surface area contributed by atoms with Crippen LogP contribution in [0.2, 0.25) is 0 Å². The highest BCUT2D eigenvalue weighted by Crippen LogP contribution is 2.28. The van der Waals surface area contributed by atoms with Gasteiger partial charge in [-0.05, 0) is 68.3 Å². The number of anilines is 2. The molecule has 0 unspecified atom stereocenters. The molecule has 0 spiro atoms. The first-order valence-corrected chi connectivity index (χ1v) is 11.5. The highest BCUT2D eigenvalue weighted by molar-refractivity contribution is 7.92. The molecular formula is C22H29N3O4S. The number of amides is 1. The third-order valence-electron chi connectivity index (χ3n) is 5.45. The number of carbonyl (C=O) groups excluding carboxylic acids is 1. The lowest BCUT2D eigenvalue weighted by Gasteiger charge is -2.29. The molecule has 7 nitrogen and oxygen atoms in total. The third kappa shape index (κ3) is 4.83. The Morgan fingerprint density at radius 2 is 1.80 bits per heavy atom. The van der Waals surface area contributed by atoms with Crippen molar-refractivity contribution in [2.75, 3.05) is 29.7 Å². The first-order chi connectivity index (χ1) is 14.2. The topological polar surface area (TPSA) is 98.7 Å². The average Bonchev–Trinajstić information content (AvgIpc) is 2.73. The van der Waals surface area contributed by atoms with Crippen LogP contribution >= 0.6 is 0 Å². The van der Waals surface area contributed by atoms with Gasteiger partial charge in [0.05, 0.1) is 16.9 Å². The maximum absolute atomic E-state index is 13.1. The molecule has 3 N–H and O–H groups in total. The van der Waals surface area contributed by atoms with E-state index in [1.54, 1.807) is 50.2 Å². The summed E-state index contributed by atoms with van der Waals surface area (Å²) in [5.74, 6) is -0.310. The summed E-state index contributed by atoms with van der Waals surface area (Å²) < 4.78 is 28.8. The number of hydrogen-bond donors (Lipinski definition) is 3. The Labute approximate surface area is 178 Å². The van der Waals surface area contributed by atoms with Crippen LogP contribution < -0.4 is 10.0 Å². The summed E-state index contributed by atoms with van der Waals surface area (Å²) >= 11 is 0. The number of nitrogens with zero attached hydrogens (tertiary/aromatic N) is 1. The van der Waals surface area contributed by atoms with Gasteiger partial charge in [-0.15, -0.1) is 0 Å². The predicted octanol–water partition coefficient (Wildman–Crippen LogP) is 2.82. The summed E-state index contributed by atoms with van der Waals surface area (Å²) in [5, 5.41) is 12.0. The van der Waals surface area contributed by atoms with Crippen LogP contribution in [-0.2, 0) is 27.8 Å². The molecule has 0 saturated heterocycles. The molecule has 0 aliphatic carbocycles. The number of carbonyl (C=O) groups is 1. The number of sulfonamides is 1. The summed E-state index contributed by atoms with van der Waals surface area (Å²) in [7, 11) is -3.75. The zero-order valence-corrected chi connectivity index (χ0v) is 18.4. The van der Waals surface area contributed by atoms with Crippen molar-refractivity contribution >= 4 is 27.3 Å². The van der Waals surface area contributed by atoms with E-state index in [0.29, 0.717) is 22.8 Å². The van der Waals surface area contributed by atoms with E-state index in [9.17, 15) is 18.3 Å². The molecule has 30 heavy (non-hydrogen) atoms. The highest BCUT2D eigenvalue weighted by atomic mass is 32.2. The van der Waals surface area contributed by atoms with E-state index in [-0.39, 0.29) is 12.5 Å². The summed E-state index contributed by atoms with van der Waals surface area (Å²) in [4.78, 5) is 14.7. The van der Waals surface area contributed by atoms with Gasteiger partial charge in [0.2, 0.25) is 5.91 Å². The molecule has 1 aliphatic heterocycles. The second kappa shape index (κ2) is 8.75. The van der Waals surface area contributed by atoms with Gasteiger partial charge in [0.1, 0.15) is 0 Å². The molecule has 162 valence electrons. The molecule has 1 aliphatic rings. The van der Waals surface area contributed by atoms with Crippen molar-refractivity contribution < 1.29 is 18.3 Å². The van der Waals surface area contributed by atoms with Crippen LogP contribution in [-0.4, -0.2) is 44.0 Å². The quantitative estimate of drug-likeness (QED) is 0.626. The fourth-order valence-corrected chi connectivity index (χ4v) is 4.67. The van der Waals surface area contributed by atoms with Crippen LogP contribution in [0.15, 0.2) is 47.4 Å². The minimum atomic E-state index is -3.75. The zero-order chi connectivity index (χ0) is 21.9. The van der Waals surface area contributed by atoms with Gasteiger partial charge in [-0.2, -0.15) is 0 Å². The maximum atomic E-state index is 13.1. The van der Waals surface area contributed by atoms with Gasteiger partial charge in [-0.25, -0.2) is 8.42 Å². The Morgan fingerprint density at radius 1 is 1.13 bits per heavy atom. The Kier molecular flexibility index (Phi) is 6.50. The van der Waals surface area contributed by atoms with Crippen molar-refractivity contribution in [1.29, 1.82) is 0 Å². The minimum Gasteiger partial charge on any atom is -0.395 e. The highest BCUT2D eigenvalue weighted by Gasteiger charge is 2.27. The molecular weight excluding hydrogens is 402 g/mol.